The van der Waals surface area contributed by atoms with E-state index < -0.39 is 6.04 Å². The highest BCUT2D eigenvalue weighted by Crippen LogP contribution is 2.18. The zero-order chi connectivity index (χ0) is 18.5. The van der Waals surface area contributed by atoms with E-state index in [4.69, 9.17) is 4.74 Å². The van der Waals surface area contributed by atoms with Crippen molar-refractivity contribution in [1.29, 1.82) is 0 Å². The molecule has 0 spiro atoms. The van der Waals surface area contributed by atoms with Crippen LogP contribution in [0.1, 0.15) is 18.2 Å². The molecule has 7 nitrogen and oxygen atoms in total. The largest absolute Gasteiger partial charge is 0.383 e. The summed E-state index contributed by atoms with van der Waals surface area (Å²) >= 11 is 0. The predicted octanol–water partition coefficient (Wildman–Crippen LogP) is 1.29. The van der Waals surface area contributed by atoms with E-state index in [0.717, 1.165) is 11.3 Å². The number of carbonyl (C=O) groups is 2. The fourth-order valence-corrected chi connectivity index (χ4v) is 3.15. The van der Waals surface area contributed by atoms with Gasteiger partial charge in [0.1, 0.15) is 12.6 Å². The van der Waals surface area contributed by atoms with Crippen LogP contribution >= 0.6 is 0 Å². The van der Waals surface area contributed by atoms with E-state index in [9.17, 15) is 9.59 Å². The van der Waals surface area contributed by atoms with Crippen LogP contribution in [0.25, 0.3) is 0 Å². The number of imidazole rings is 1. The van der Waals surface area contributed by atoms with Crippen LogP contribution in [-0.4, -0.2) is 57.5 Å². The van der Waals surface area contributed by atoms with Gasteiger partial charge in [0.15, 0.2) is 0 Å². The van der Waals surface area contributed by atoms with Crippen molar-refractivity contribution in [2.75, 3.05) is 20.3 Å². The van der Waals surface area contributed by atoms with Crippen molar-refractivity contribution in [2.45, 2.75) is 32.6 Å². The first kappa shape index (κ1) is 18.1. The van der Waals surface area contributed by atoms with Crippen molar-refractivity contribution in [3.8, 4) is 0 Å². The van der Waals surface area contributed by atoms with Gasteiger partial charge in [0, 0.05) is 26.4 Å². The number of ether oxygens (including phenoxy) is 1. The van der Waals surface area contributed by atoms with Crippen molar-refractivity contribution in [2.24, 2.45) is 0 Å². The number of amides is 2. The fraction of sp³-hybridized carbons (Fsp3) is 0.421. The molecule has 2 amide bonds. The monoisotopic (exact) mass is 356 g/mol. The van der Waals surface area contributed by atoms with Crippen LogP contribution < -0.4 is 0 Å². The lowest BCUT2D eigenvalue weighted by Crippen LogP contribution is -2.58. The highest BCUT2D eigenvalue weighted by molar-refractivity contribution is 5.94. The summed E-state index contributed by atoms with van der Waals surface area (Å²) < 4.78 is 7.05. The van der Waals surface area contributed by atoms with Crippen LogP contribution in [0, 0.1) is 0 Å². The molecule has 1 saturated heterocycles. The highest BCUT2D eigenvalue weighted by Gasteiger charge is 2.36. The molecule has 7 heteroatoms. The van der Waals surface area contributed by atoms with Gasteiger partial charge in [0.05, 0.1) is 25.2 Å². The minimum absolute atomic E-state index is 0.0311. The molecule has 138 valence electrons. The number of benzene rings is 1. The smallest absolute Gasteiger partial charge is 0.245 e. The third kappa shape index (κ3) is 3.94. The number of rotatable bonds is 7. The minimum Gasteiger partial charge on any atom is -0.383 e. The maximum absolute atomic E-state index is 12.8. The molecule has 26 heavy (non-hydrogen) atoms. The highest BCUT2D eigenvalue weighted by atomic mass is 16.5. The van der Waals surface area contributed by atoms with Crippen molar-refractivity contribution in [3.63, 3.8) is 0 Å². The summed E-state index contributed by atoms with van der Waals surface area (Å²) in [5.74, 6) is -0.0797. The number of aromatic nitrogens is 2. The summed E-state index contributed by atoms with van der Waals surface area (Å²) in [6.07, 6.45) is 3.45. The molecular formula is C19H24N4O3. The van der Waals surface area contributed by atoms with E-state index in [1.165, 1.54) is 0 Å². The summed E-state index contributed by atoms with van der Waals surface area (Å²) in [5.41, 5.74) is 1.92. The molecule has 0 radical (unpaired) electrons. The zero-order valence-corrected chi connectivity index (χ0v) is 15.2. The van der Waals surface area contributed by atoms with Crippen LogP contribution in [0.15, 0.2) is 42.9 Å². The molecule has 1 aromatic carbocycles. The first-order chi connectivity index (χ1) is 12.6. The summed E-state index contributed by atoms with van der Waals surface area (Å²) in [6.45, 7) is 3.94. The SMILES string of the molecule is COCCn1cncc1CN1C(=O)CN(Cc2ccccc2)C(=O)[C@@H]1C. The second kappa shape index (κ2) is 8.14. The number of methoxy groups -OCH3 is 1. The molecule has 1 fully saturated rings. The van der Waals surface area contributed by atoms with E-state index in [1.807, 2.05) is 34.9 Å². The Morgan fingerprint density at radius 3 is 2.69 bits per heavy atom. The summed E-state index contributed by atoms with van der Waals surface area (Å²) in [4.78, 5) is 32.9. The minimum atomic E-state index is -0.495. The molecular weight excluding hydrogens is 332 g/mol. The van der Waals surface area contributed by atoms with E-state index in [0.29, 0.717) is 26.2 Å². The van der Waals surface area contributed by atoms with Crippen molar-refractivity contribution >= 4 is 11.8 Å². The van der Waals surface area contributed by atoms with E-state index in [2.05, 4.69) is 4.98 Å². The fourth-order valence-electron chi connectivity index (χ4n) is 3.15. The lowest BCUT2D eigenvalue weighted by molar-refractivity contribution is -0.156. The average molecular weight is 356 g/mol. The average Bonchev–Trinajstić information content (AvgIpc) is 3.09. The summed E-state index contributed by atoms with van der Waals surface area (Å²) in [7, 11) is 1.65. The maximum atomic E-state index is 12.8. The molecule has 0 N–H and O–H groups in total. The molecule has 1 aliphatic rings. The van der Waals surface area contributed by atoms with Crippen LogP contribution in [0.5, 0.6) is 0 Å². The van der Waals surface area contributed by atoms with Gasteiger partial charge >= 0.3 is 0 Å². The molecule has 1 aromatic heterocycles. The normalized spacial score (nSPS) is 17.8. The molecule has 3 rings (SSSR count). The topological polar surface area (TPSA) is 67.7 Å². The Morgan fingerprint density at radius 2 is 1.96 bits per heavy atom. The van der Waals surface area contributed by atoms with Gasteiger partial charge in [0.2, 0.25) is 11.8 Å². The van der Waals surface area contributed by atoms with Crippen LogP contribution in [0.4, 0.5) is 0 Å². The van der Waals surface area contributed by atoms with E-state index in [1.54, 1.807) is 36.4 Å². The second-order valence-electron chi connectivity index (χ2n) is 6.45. The number of piperazine rings is 1. The number of carbonyl (C=O) groups excluding carboxylic acids is 2. The third-order valence-electron chi connectivity index (χ3n) is 4.67. The van der Waals surface area contributed by atoms with Gasteiger partial charge in [-0.1, -0.05) is 30.3 Å². The van der Waals surface area contributed by atoms with Crippen LogP contribution in [0.2, 0.25) is 0 Å². The van der Waals surface area contributed by atoms with Gasteiger partial charge in [-0.2, -0.15) is 0 Å². The first-order valence-corrected chi connectivity index (χ1v) is 8.70. The Hall–Kier alpha value is -2.67. The standard InChI is InChI=1S/C19H24N4O3/c1-15-19(25)22(11-16-6-4-3-5-7-16)13-18(24)23(15)12-17-10-20-14-21(17)8-9-26-2/h3-7,10,14-15H,8-9,11-13H2,1-2H3/t15-/m0/s1. The maximum Gasteiger partial charge on any atom is 0.245 e. The van der Waals surface area contributed by atoms with Gasteiger partial charge in [-0.25, -0.2) is 4.98 Å². The van der Waals surface area contributed by atoms with Gasteiger partial charge < -0.3 is 19.1 Å². The molecule has 0 aliphatic carbocycles. The van der Waals surface area contributed by atoms with Gasteiger partial charge in [-0.05, 0) is 12.5 Å². The molecule has 2 heterocycles. The zero-order valence-electron chi connectivity index (χ0n) is 15.2. The number of hydrogen-bond acceptors (Lipinski definition) is 4. The summed E-state index contributed by atoms with van der Waals surface area (Å²) in [5, 5.41) is 0. The molecule has 1 atom stereocenters. The Kier molecular flexibility index (Phi) is 5.68. The van der Waals surface area contributed by atoms with E-state index >= 15 is 0 Å². The van der Waals surface area contributed by atoms with Gasteiger partial charge in [0.25, 0.3) is 0 Å². The number of nitrogens with zero attached hydrogens (tertiary/aromatic N) is 4. The van der Waals surface area contributed by atoms with Crippen LogP contribution in [-0.2, 0) is 34.0 Å². The molecule has 0 unspecified atom stereocenters. The number of hydrogen-bond donors (Lipinski definition) is 0. The Morgan fingerprint density at radius 1 is 1.19 bits per heavy atom. The summed E-state index contributed by atoms with van der Waals surface area (Å²) in [6, 6.07) is 9.23. The van der Waals surface area contributed by atoms with Crippen molar-refractivity contribution in [1.82, 2.24) is 19.4 Å². The van der Waals surface area contributed by atoms with Gasteiger partial charge in [-0.3, -0.25) is 9.59 Å². The first-order valence-electron chi connectivity index (χ1n) is 8.70. The van der Waals surface area contributed by atoms with Crippen molar-refractivity contribution < 1.29 is 14.3 Å². The molecule has 0 saturated carbocycles. The lowest BCUT2D eigenvalue weighted by atomic mass is 10.1. The van der Waals surface area contributed by atoms with Crippen molar-refractivity contribution in [3.05, 3.63) is 54.1 Å². The molecule has 1 aliphatic heterocycles. The Bertz CT molecular complexity index is 759. The molecule has 0 bridgehead atoms. The Balaban J connectivity index is 1.69. The lowest BCUT2D eigenvalue weighted by Gasteiger charge is -2.38. The predicted molar refractivity (Wildman–Crippen MR) is 96.0 cm³/mol. The van der Waals surface area contributed by atoms with Gasteiger partial charge in [-0.15, -0.1) is 0 Å². The van der Waals surface area contributed by atoms with E-state index in [-0.39, 0.29) is 18.4 Å². The Labute approximate surface area is 153 Å². The second-order valence-corrected chi connectivity index (χ2v) is 6.45. The third-order valence-corrected chi connectivity index (χ3v) is 4.67. The van der Waals surface area contributed by atoms with Crippen LogP contribution in [0.3, 0.4) is 0 Å². The quantitative estimate of drug-likeness (QED) is 0.750. The molecule has 2 aromatic rings.